The highest BCUT2D eigenvalue weighted by Crippen LogP contribution is 2.27. The maximum atomic E-state index is 13.8. The van der Waals surface area contributed by atoms with Crippen molar-refractivity contribution >= 4 is 5.97 Å². The van der Waals surface area contributed by atoms with Gasteiger partial charge in [-0.2, -0.15) is 0 Å². The highest BCUT2D eigenvalue weighted by Gasteiger charge is 2.22. The van der Waals surface area contributed by atoms with Gasteiger partial charge in [-0.15, -0.1) is 0 Å². The second kappa shape index (κ2) is 6.52. The fraction of sp³-hybridized carbons (Fsp3) is 0.500. The third-order valence-electron chi connectivity index (χ3n) is 2.86. The van der Waals surface area contributed by atoms with Crippen molar-refractivity contribution in [1.29, 1.82) is 0 Å². The monoisotopic (exact) mass is 269 g/mol. The van der Waals surface area contributed by atoms with Gasteiger partial charge in [-0.3, -0.25) is 4.79 Å². The van der Waals surface area contributed by atoms with E-state index in [1.54, 1.807) is 19.1 Å². The normalized spacial score (nSPS) is 11.4. The van der Waals surface area contributed by atoms with Gasteiger partial charge in [0.05, 0.1) is 13.2 Å². The van der Waals surface area contributed by atoms with Gasteiger partial charge in [-0.05, 0) is 24.6 Å². The average molecular weight is 269 g/mol. The lowest BCUT2D eigenvalue weighted by atomic mass is 9.84. The summed E-state index contributed by atoms with van der Waals surface area (Å²) in [5.74, 6) is -1.07. The molecule has 0 aliphatic rings. The fourth-order valence-electron chi connectivity index (χ4n) is 1.78. The number of carboxylic acids is 1. The van der Waals surface area contributed by atoms with E-state index in [4.69, 9.17) is 9.84 Å². The molecular weight excluding hydrogens is 249 g/mol. The number of carbonyl (C=O) groups is 1. The zero-order valence-corrected chi connectivity index (χ0v) is 11.5. The quantitative estimate of drug-likeness (QED) is 0.796. The molecule has 0 heterocycles. The summed E-state index contributed by atoms with van der Waals surface area (Å²) in [4.78, 5) is 10.5. The Morgan fingerprint density at radius 1 is 1.47 bits per heavy atom. The summed E-state index contributed by atoms with van der Waals surface area (Å²) in [5.41, 5.74) is 0.437. The summed E-state index contributed by atoms with van der Waals surface area (Å²) in [7, 11) is 0. The van der Waals surface area contributed by atoms with E-state index in [1.165, 1.54) is 6.07 Å². The van der Waals surface area contributed by atoms with Crippen molar-refractivity contribution in [1.82, 2.24) is 5.32 Å². The average Bonchev–Trinajstić information content (AvgIpc) is 2.31. The van der Waals surface area contributed by atoms with Gasteiger partial charge in [0.1, 0.15) is 0 Å². The number of hydrogen-bond donors (Lipinski definition) is 2. The number of carboxylic acid groups (broad SMARTS) is 1. The predicted octanol–water partition coefficient (Wildman–Crippen LogP) is 2.18. The maximum Gasteiger partial charge on any atom is 0.317 e. The summed E-state index contributed by atoms with van der Waals surface area (Å²) in [6.45, 7) is 6.41. The molecule has 0 aliphatic carbocycles. The van der Waals surface area contributed by atoms with Gasteiger partial charge in [0.25, 0.3) is 0 Å². The van der Waals surface area contributed by atoms with Crippen LogP contribution in [0, 0.1) is 5.82 Å². The largest absolute Gasteiger partial charge is 0.491 e. The Morgan fingerprint density at radius 2 is 2.16 bits per heavy atom. The minimum absolute atomic E-state index is 0.108. The molecule has 2 N–H and O–H groups in total. The van der Waals surface area contributed by atoms with E-state index < -0.39 is 11.8 Å². The first kappa shape index (κ1) is 15.4. The van der Waals surface area contributed by atoms with Crippen LogP contribution in [-0.2, 0) is 10.2 Å². The maximum absolute atomic E-state index is 13.8. The number of aliphatic carboxylic acids is 1. The third kappa shape index (κ3) is 4.52. The fourth-order valence-corrected chi connectivity index (χ4v) is 1.78. The molecule has 1 rings (SSSR count). The number of ether oxygens (including phenoxy) is 1. The smallest absolute Gasteiger partial charge is 0.317 e. The van der Waals surface area contributed by atoms with Crippen molar-refractivity contribution in [3.63, 3.8) is 0 Å². The molecule has 0 radical (unpaired) electrons. The van der Waals surface area contributed by atoms with Crippen LogP contribution in [0.1, 0.15) is 26.3 Å². The molecule has 0 fully saturated rings. The topological polar surface area (TPSA) is 58.6 Å². The van der Waals surface area contributed by atoms with Crippen LogP contribution < -0.4 is 10.1 Å². The van der Waals surface area contributed by atoms with Crippen LogP contribution in [0.2, 0.25) is 0 Å². The lowest BCUT2D eigenvalue weighted by Gasteiger charge is -2.25. The first-order valence-corrected chi connectivity index (χ1v) is 6.22. The van der Waals surface area contributed by atoms with E-state index >= 15 is 0 Å². The zero-order chi connectivity index (χ0) is 14.5. The predicted molar refractivity (Wildman–Crippen MR) is 71.1 cm³/mol. The Hall–Kier alpha value is -1.62. The molecule has 19 heavy (non-hydrogen) atoms. The lowest BCUT2D eigenvalue weighted by molar-refractivity contribution is -0.136. The molecule has 4 nitrogen and oxygen atoms in total. The molecule has 0 aliphatic heterocycles. The highest BCUT2D eigenvalue weighted by atomic mass is 19.1. The Balaban J connectivity index is 2.77. The van der Waals surface area contributed by atoms with E-state index in [2.05, 4.69) is 5.32 Å². The molecule has 106 valence electrons. The lowest BCUT2D eigenvalue weighted by Crippen LogP contribution is -2.35. The Bertz CT molecular complexity index is 446. The number of nitrogens with one attached hydrogen (secondary N) is 1. The molecule has 0 unspecified atom stereocenters. The second-order valence-electron chi connectivity index (χ2n) is 4.96. The Labute approximate surface area is 112 Å². The van der Waals surface area contributed by atoms with E-state index in [0.717, 1.165) is 5.56 Å². The number of rotatable bonds is 7. The van der Waals surface area contributed by atoms with Crippen molar-refractivity contribution in [3.05, 3.63) is 29.6 Å². The molecule has 5 heteroatoms. The van der Waals surface area contributed by atoms with Gasteiger partial charge in [0.15, 0.2) is 11.6 Å². The number of halogens is 1. The summed E-state index contributed by atoms with van der Waals surface area (Å²) in [6, 6.07) is 4.84. The van der Waals surface area contributed by atoms with E-state index in [0.29, 0.717) is 13.2 Å². The molecule has 0 atom stereocenters. The molecule has 1 aromatic carbocycles. The second-order valence-corrected chi connectivity index (χ2v) is 4.96. The van der Waals surface area contributed by atoms with Crippen molar-refractivity contribution in [2.45, 2.75) is 26.2 Å². The highest BCUT2D eigenvalue weighted by molar-refractivity contribution is 5.69. The first-order valence-electron chi connectivity index (χ1n) is 6.22. The SMILES string of the molecule is CCOc1ccc(C(C)(C)CNCC(=O)O)cc1F. The van der Waals surface area contributed by atoms with Crippen molar-refractivity contribution < 1.29 is 19.0 Å². The number of hydrogen-bond acceptors (Lipinski definition) is 3. The number of benzene rings is 1. The summed E-state index contributed by atoms with van der Waals surface area (Å²) < 4.78 is 18.9. The van der Waals surface area contributed by atoms with Crippen LogP contribution in [0.25, 0.3) is 0 Å². The van der Waals surface area contributed by atoms with E-state index in [9.17, 15) is 9.18 Å². The molecule has 0 spiro atoms. The van der Waals surface area contributed by atoms with E-state index in [1.807, 2.05) is 13.8 Å². The van der Waals surface area contributed by atoms with E-state index in [-0.39, 0.29) is 17.7 Å². The van der Waals surface area contributed by atoms with Crippen LogP contribution in [0.5, 0.6) is 5.75 Å². The first-order chi connectivity index (χ1) is 8.86. The van der Waals surface area contributed by atoms with Crippen LogP contribution in [0.3, 0.4) is 0 Å². The van der Waals surface area contributed by atoms with Gasteiger partial charge >= 0.3 is 5.97 Å². The van der Waals surface area contributed by atoms with Crippen LogP contribution in [0.15, 0.2) is 18.2 Å². The van der Waals surface area contributed by atoms with Crippen LogP contribution in [0.4, 0.5) is 4.39 Å². The Kier molecular flexibility index (Phi) is 5.30. The molecular formula is C14H20FNO3. The molecule has 0 aromatic heterocycles. The van der Waals surface area contributed by atoms with Gasteiger partial charge in [0, 0.05) is 12.0 Å². The van der Waals surface area contributed by atoms with Crippen molar-refractivity contribution in [2.75, 3.05) is 19.7 Å². The van der Waals surface area contributed by atoms with Crippen LogP contribution >= 0.6 is 0 Å². The molecule has 0 amide bonds. The standard InChI is InChI=1S/C14H20FNO3/c1-4-19-12-6-5-10(7-11(12)15)14(2,3)9-16-8-13(17)18/h5-7,16H,4,8-9H2,1-3H3,(H,17,18). The van der Waals surface area contributed by atoms with Crippen molar-refractivity contribution in [2.24, 2.45) is 0 Å². The minimum Gasteiger partial charge on any atom is -0.491 e. The zero-order valence-electron chi connectivity index (χ0n) is 11.5. The van der Waals surface area contributed by atoms with Gasteiger partial charge in [-0.1, -0.05) is 19.9 Å². The van der Waals surface area contributed by atoms with Gasteiger partial charge in [-0.25, -0.2) is 4.39 Å². The molecule has 1 aromatic rings. The Morgan fingerprint density at radius 3 is 2.68 bits per heavy atom. The summed E-state index contributed by atoms with van der Waals surface area (Å²) in [5, 5.41) is 11.4. The molecule has 0 saturated carbocycles. The molecule has 0 bridgehead atoms. The minimum atomic E-state index is -0.909. The van der Waals surface area contributed by atoms with Crippen molar-refractivity contribution in [3.8, 4) is 5.75 Å². The molecule has 0 saturated heterocycles. The van der Waals surface area contributed by atoms with Gasteiger partial charge in [0.2, 0.25) is 0 Å². The third-order valence-corrected chi connectivity index (χ3v) is 2.86. The summed E-state index contributed by atoms with van der Waals surface area (Å²) >= 11 is 0. The summed E-state index contributed by atoms with van der Waals surface area (Å²) in [6.07, 6.45) is 0. The van der Waals surface area contributed by atoms with Crippen LogP contribution in [-0.4, -0.2) is 30.8 Å². The van der Waals surface area contributed by atoms with Gasteiger partial charge < -0.3 is 15.2 Å².